The molecule has 0 saturated heterocycles. The number of para-hydroxylation sites is 1. The van der Waals surface area contributed by atoms with Gasteiger partial charge in [-0.15, -0.1) is 0 Å². The maximum Gasteiger partial charge on any atom is 0.341 e. The van der Waals surface area contributed by atoms with Gasteiger partial charge in [0.25, 0.3) is 5.91 Å². The average Bonchev–Trinajstić information content (AvgIpc) is 3.00. The molecule has 1 aliphatic rings. The van der Waals surface area contributed by atoms with E-state index < -0.39 is 5.97 Å². The zero-order chi connectivity index (χ0) is 14.1. The van der Waals surface area contributed by atoms with Gasteiger partial charge in [-0.2, -0.15) is 5.10 Å². The first kappa shape index (κ1) is 12.0. The largest absolute Gasteiger partial charge is 0.477 e. The minimum atomic E-state index is -1.10. The van der Waals surface area contributed by atoms with Gasteiger partial charge in [-0.25, -0.2) is 4.79 Å². The summed E-state index contributed by atoms with van der Waals surface area (Å²) in [6, 6.07) is 7.25. The Morgan fingerprint density at radius 3 is 2.95 bits per heavy atom. The number of nitrogens with one attached hydrogen (secondary N) is 3. The molecule has 4 N–H and O–H groups in total. The number of anilines is 2. The topological polar surface area (TPSA) is 107 Å². The maximum absolute atomic E-state index is 11.8. The van der Waals surface area contributed by atoms with Crippen molar-refractivity contribution in [1.82, 2.24) is 10.2 Å². The second kappa shape index (κ2) is 4.54. The highest BCUT2D eigenvalue weighted by atomic mass is 16.4. The van der Waals surface area contributed by atoms with Crippen LogP contribution < -0.4 is 10.6 Å². The number of aromatic carboxylic acids is 1. The highest BCUT2D eigenvalue weighted by molar-refractivity contribution is 6.31. The summed E-state index contributed by atoms with van der Waals surface area (Å²) in [6.45, 7) is 0. The van der Waals surface area contributed by atoms with E-state index in [4.69, 9.17) is 5.11 Å². The quantitative estimate of drug-likeness (QED) is 0.632. The van der Waals surface area contributed by atoms with Crippen LogP contribution in [0.2, 0.25) is 0 Å². The number of hydrogen-bond donors (Lipinski definition) is 4. The second-order valence-corrected chi connectivity index (χ2v) is 4.15. The number of carboxylic acid groups (broad SMARTS) is 1. The van der Waals surface area contributed by atoms with Gasteiger partial charge < -0.3 is 15.7 Å². The maximum atomic E-state index is 11.8. The predicted molar refractivity (Wildman–Crippen MR) is 72.2 cm³/mol. The Labute approximate surface area is 113 Å². The van der Waals surface area contributed by atoms with Crippen LogP contribution in [-0.4, -0.2) is 27.2 Å². The second-order valence-electron chi connectivity index (χ2n) is 4.15. The lowest BCUT2D eigenvalue weighted by molar-refractivity contribution is -0.110. The number of benzene rings is 1. The van der Waals surface area contributed by atoms with Gasteiger partial charge in [-0.05, 0) is 6.07 Å². The summed E-state index contributed by atoms with van der Waals surface area (Å²) in [7, 11) is 0. The van der Waals surface area contributed by atoms with Crippen molar-refractivity contribution in [3.8, 4) is 0 Å². The number of fused-ring (bicyclic) bond motifs is 1. The number of hydrogen-bond acceptors (Lipinski definition) is 4. The SMILES string of the molecule is O=C1Nc2ccccc2/C1=C/Nc1n[nH]cc1C(=O)O. The lowest BCUT2D eigenvalue weighted by Crippen LogP contribution is -2.06. The van der Waals surface area contributed by atoms with E-state index in [1.807, 2.05) is 18.2 Å². The lowest BCUT2D eigenvalue weighted by atomic mass is 10.1. The van der Waals surface area contributed by atoms with Gasteiger partial charge in [0, 0.05) is 23.6 Å². The third-order valence-electron chi connectivity index (χ3n) is 2.93. The predicted octanol–water partition coefficient (Wildman–Crippen LogP) is 1.51. The summed E-state index contributed by atoms with van der Waals surface area (Å²) in [4.78, 5) is 22.8. The molecule has 3 rings (SSSR count). The smallest absolute Gasteiger partial charge is 0.341 e. The fraction of sp³-hybridized carbons (Fsp3) is 0. The van der Waals surface area contributed by atoms with Crippen molar-refractivity contribution in [2.75, 3.05) is 10.6 Å². The fourth-order valence-corrected chi connectivity index (χ4v) is 1.99. The zero-order valence-electron chi connectivity index (χ0n) is 10.2. The summed E-state index contributed by atoms with van der Waals surface area (Å²) in [5.41, 5.74) is 1.93. The van der Waals surface area contributed by atoms with Crippen LogP contribution >= 0.6 is 0 Å². The van der Waals surface area contributed by atoms with Crippen molar-refractivity contribution in [3.63, 3.8) is 0 Å². The highest BCUT2D eigenvalue weighted by Gasteiger charge is 2.23. The molecule has 0 atom stereocenters. The van der Waals surface area contributed by atoms with Crippen LogP contribution in [-0.2, 0) is 4.79 Å². The number of amides is 1. The molecule has 0 radical (unpaired) electrons. The monoisotopic (exact) mass is 270 g/mol. The van der Waals surface area contributed by atoms with Gasteiger partial charge in [0.2, 0.25) is 0 Å². The van der Waals surface area contributed by atoms with E-state index in [-0.39, 0.29) is 17.3 Å². The van der Waals surface area contributed by atoms with E-state index in [1.54, 1.807) is 6.07 Å². The van der Waals surface area contributed by atoms with E-state index >= 15 is 0 Å². The van der Waals surface area contributed by atoms with Crippen molar-refractivity contribution in [3.05, 3.63) is 47.8 Å². The lowest BCUT2D eigenvalue weighted by Gasteiger charge is -2.00. The number of aromatic amines is 1. The van der Waals surface area contributed by atoms with Gasteiger partial charge in [0.1, 0.15) is 5.56 Å². The van der Waals surface area contributed by atoms with Crippen LogP contribution in [0.5, 0.6) is 0 Å². The van der Waals surface area contributed by atoms with Crippen molar-refractivity contribution >= 4 is 29.0 Å². The first-order valence-corrected chi connectivity index (χ1v) is 5.81. The first-order chi connectivity index (χ1) is 9.66. The minimum Gasteiger partial charge on any atom is -0.477 e. The van der Waals surface area contributed by atoms with Crippen molar-refractivity contribution in [2.24, 2.45) is 0 Å². The summed E-state index contributed by atoms with van der Waals surface area (Å²) in [5.74, 6) is -1.19. The molecule has 100 valence electrons. The Balaban J connectivity index is 1.92. The van der Waals surface area contributed by atoms with Crippen LogP contribution in [0.25, 0.3) is 5.57 Å². The Morgan fingerprint density at radius 1 is 1.35 bits per heavy atom. The van der Waals surface area contributed by atoms with Crippen LogP contribution in [0.4, 0.5) is 11.5 Å². The average molecular weight is 270 g/mol. The standard InChI is InChI=1S/C13H10N4O3/c18-12-8(7-3-1-2-4-10(7)16-12)5-14-11-9(13(19)20)6-15-17-11/h1-6H,(H,16,18)(H,19,20)(H2,14,15,17)/b8-5-. The summed E-state index contributed by atoms with van der Waals surface area (Å²) < 4.78 is 0. The molecule has 7 nitrogen and oxygen atoms in total. The van der Waals surface area contributed by atoms with Crippen LogP contribution in [0.3, 0.4) is 0 Å². The molecule has 0 aliphatic carbocycles. The van der Waals surface area contributed by atoms with Crippen molar-refractivity contribution in [1.29, 1.82) is 0 Å². The van der Waals surface area contributed by atoms with E-state index in [2.05, 4.69) is 20.8 Å². The molecule has 1 aromatic heterocycles. The third-order valence-corrected chi connectivity index (χ3v) is 2.93. The number of carbonyl (C=O) groups excluding carboxylic acids is 1. The molecular weight excluding hydrogens is 260 g/mol. The van der Waals surface area contributed by atoms with Gasteiger partial charge in [-0.1, -0.05) is 18.2 Å². The van der Waals surface area contributed by atoms with E-state index in [9.17, 15) is 9.59 Å². The minimum absolute atomic E-state index is 0.00791. The summed E-state index contributed by atoms with van der Waals surface area (Å²) >= 11 is 0. The van der Waals surface area contributed by atoms with Crippen LogP contribution in [0.1, 0.15) is 15.9 Å². The number of rotatable bonds is 3. The van der Waals surface area contributed by atoms with Gasteiger partial charge >= 0.3 is 5.97 Å². The van der Waals surface area contributed by atoms with E-state index in [1.165, 1.54) is 12.4 Å². The van der Waals surface area contributed by atoms with Crippen LogP contribution in [0.15, 0.2) is 36.7 Å². The molecule has 2 aromatic rings. The molecule has 1 amide bonds. The molecule has 2 heterocycles. The number of nitrogens with zero attached hydrogens (tertiary/aromatic N) is 1. The van der Waals surface area contributed by atoms with Crippen molar-refractivity contribution < 1.29 is 14.7 Å². The molecular formula is C13H10N4O3. The number of carbonyl (C=O) groups is 2. The Bertz CT molecular complexity index is 733. The van der Waals surface area contributed by atoms with Gasteiger partial charge in [0.15, 0.2) is 5.82 Å². The fourth-order valence-electron chi connectivity index (χ4n) is 1.99. The van der Waals surface area contributed by atoms with E-state index in [0.29, 0.717) is 5.57 Å². The van der Waals surface area contributed by atoms with Gasteiger partial charge in [-0.3, -0.25) is 9.89 Å². The number of carboxylic acids is 1. The molecule has 20 heavy (non-hydrogen) atoms. The van der Waals surface area contributed by atoms with Gasteiger partial charge in [0.05, 0.1) is 5.57 Å². The molecule has 1 aliphatic heterocycles. The number of H-pyrrole nitrogens is 1. The summed E-state index contributed by atoms with van der Waals surface area (Å²) in [5, 5.41) is 20.7. The zero-order valence-corrected chi connectivity index (χ0v) is 10.2. The Hall–Kier alpha value is -3.09. The summed E-state index contributed by atoms with van der Waals surface area (Å²) in [6.07, 6.45) is 2.72. The molecule has 0 unspecified atom stereocenters. The van der Waals surface area contributed by atoms with Crippen LogP contribution in [0, 0.1) is 0 Å². The molecule has 0 spiro atoms. The molecule has 0 bridgehead atoms. The van der Waals surface area contributed by atoms with Crippen molar-refractivity contribution in [2.45, 2.75) is 0 Å². The molecule has 0 saturated carbocycles. The first-order valence-electron chi connectivity index (χ1n) is 5.81. The van der Waals surface area contributed by atoms with E-state index in [0.717, 1.165) is 11.3 Å². The highest BCUT2D eigenvalue weighted by Crippen LogP contribution is 2.31. The number of aromatic nitrogens is 2. The molecule has 1 aromatic carbocycles. The Morgan fingerprint density at radius 2 is 2.15 bits per heavy atom. The molecule has 0 fully saturated rings. The Kier molecular flexibility index (Phi) is 2.72. The third kappa shape index (κ3) is 1.91. The molecule has 7 heteroatoms. The normalized spacial score (nSPS) is 15.0.